The van der Waals surface area contributed by atoms with E-state index in [1.807, 2.05) is 0 Å². The minimum absolute atomic E-state index is 0.0573. The Kier molecular flexibility index (Phi) is 5.23. The maximum absolute atomic E-state index is 12.3. The van der Waals surface area contributed by atoms with Gasteiger partial charge in [0.2, 0.25) is 0 Å². The van der Waals surface area contributed by atoms with E-state index in [1.165, 1.54) is 16.6 Å². The molecular weight excluding hydrogens is 292 g/mol. The molecule has 2 heterocycles. The second-order valence-corrected chi connectivity index (χ2v) is 7.26. The van der Waals surface area contributed by atoms with E-state index in [0.717, 1.165) is 28.6 Å². The van der Waals surface area contributed by atoms with Gasteiger partial charge in [-0.05, 0) is 24.8 Å². The second kappa shape index (κ2) is 6.74. The molecule has 0 aliphatic carbocycles. The van der Waals surface area contributed by atoms with Crippen LogP contribution in [0.2, 0.25) is 0 Å². The summed E-state index contributed by atoms with van der Waals surface area (Å²) in [6.45, 7) is 6.51. The number of aliphatic hydroxyl groups excluding tert-OH is 1. The topological polar surface area (TPSA) is 66.0 Å². The van der Waals surface area contributed by atoms with Crippen molar-refractivity contribution in [2.75, 3.05) is 12.4 Å². The Bertz CT molecular complexity index is 648. The van der Waals surface area contributed by atoms with Crippen molar-refractivity contribution in [3.8, 4) is 0 Å². The lowest BCUT2D eigenvalue weighted by molar-refractivity contribution is 0.322. The minimum Gasteiger partial charge on any atom is -0.396 e. The van der Waals surface area contributed by atoms with Crippen LogP contribution < -0.4 is 5.56 Å². The molecule has 0 saturated heterocycles. The quantitative estimate of drug-likeness (QED) is 0.636. The molecule has 0 aromatic carbocycles. The molecule has 2 rings (SSSR count). The number of nitrogens with zero attached hydrogens (tertiary/aromatic N) is 1. The zero-order valence-electron chi connectivity index (χ0n) is 12.0. The number of H-pyrrole nitrogens is 1. The summed E-state index contributed by atoms with van der Waals surface area (Å²) in [5, 5.41) is 10.2. The molecule has 2 N–H and O–H groups in total. The Morgan fingerprint density at radius 1 is 1.50 bits per heavy atom. The molecule has 110 valence electrons. The van der Waals surface area contributed by atoms with Gasteiger partial charge in [0.1, 0.15) is 4.83 Å². The van der Waals surface area contributed by atoms with Crippen molar-refractivity contribution in [2.24, 2.45) is 5.92 Å². The fourth-order valence-corrected chi connectivity index (χ4v) is 3.82. The number of aliphatic hydroxyl groups is 1. The standard InChI is InChI=1S/C14H20N2O2S2/c1-4-8(2)7-10-9(3)20-13-11(10)12(18)15-14(16-13)19-6-5-17/h8,17H,4-7H2,1-3H3,(H,15,16,18)/t8-/m0/s1. The van der Waals surface area contributed by atoms with Gasteiger partial charge in [0.25, 0.3) is 5.56 Å². The Morgan fingerprint density at radius 2 is 2.25 bits per heavy atom. The predicted octanol–water partition coefficient (Wildman–Crippen LogP) is 2.97. The van der Waals surface area contributed by atoms with Crippen LogP contribution in [-0.4, -0.2) is 27.4 Å². The fourth-order valence-electron chi connectivity index (χ4n) is 2.10. The van der Waals surface area contributed by atoms with E-state index in [1.54, 1.807) is 11.3 Å². The predicted molar refractivity (Wildman–Crippen MR) is 85.9 cm³/mol. The van der Waals surface area contributed by atoms with Crippen LogP contribution in [0.5, 0.6) is 0 Å². The average molecular weight is 312 g/mol. The summed E-state index contributed by atoms with van der Waals surface area (Å²) in [7, 11) is 0. The van der Waals surface area contributed by atoms with Crippen LogP contribution in [0.1, 0.15) is 30.7 Å². The molecule has 6 heteroatoms. The van der Waals surface area contributed by atoms with Gasteiger partial charge in [-0.2, -0.15) is 0 Å². The minimum atomic E-state index is -0.0573. The highest BCUT2D eigenvalue weighted by Crippen LogP contribution is 2.30. The summed E-state index contributed by atoms with van der Waals surface area (Å²) in [6.07, 6.45) is 2.03. The summed E-state index contributed by atoms with van der Waals surface area (Å²) in [6, 6.07) is 0. The zero-order chi connectivity index (χ0) is 14.7. The van der Waals surface area contributed by atoms with Crippen molar-refractivity contribution in [3.05, 3.63) is 20.8 Å². The van der Waals surface area contributed by atoms with E-state index in [2.05, 4.69) is 30.7 Å². The number of aryl methyl sites for hydroxylation is 1. The molecule has 2 aromatic heterocycles. The number of aromatic nitrogens is 2. The molecule has 0 radical (unpaired) electrons. The molecule has 1 atom stereocenters. The van der Waals surface area contributed by atoms with Crippen molar-refractivity contribution < 1.29 is 5.11 Å². The summed E-state index contributed by atoms with van der Waals surface area (Å²) in [5.74, 6) is 1.10. The van der Waals surface area contributed by atoms with Gasteiger partial charge < -0.3 is 10.1 Å². The Hall–Kier alpha value is -0.850. The first kappa shape index (κ1) is 15.5. The van der Waals surface area contributed by atoms with Crippen LogP contribution in [0.15, 0.2) is 9.95 Å². The van der Waals surface area contributed by atoms with Crippen LogP contribution in [0.3, 0.4) is 0 Å². The van der Waals surface area contributed by atoms with Crippen LogP contribution in [0.25, 0.3) is 10.2 Å². The molecule has 0 spiro atoms. The Morgan fingerprint density at radius 3 is 2.90 bits per heavy atom. The van der Waals surface area contributed by atoms with E-state index in [-0.39, 0.29) is 12.2 Å². The van der Waals surface area contributed by atoms with Gasteiger partial charge in [0.05, 0.1) is 12.0 Å². The summed E-state index contributed by atoms with van der Waals surface area (Å²) < 4.78 is 0. The van der Waals surface area contributed by atoms with E-state index >= 15 is 0 Å². The third-order valence-electron chi connectivity index (χ3n) is 3.42. The van der Waals surface area contributed by atoms with Gasteiger partial charge >= 0.3 is 0 Å². The van der Waals surface area contributed by atoms with Gasteiger partial charge in [-0.15, -0.1) is 11.3 Å². The van der Waals surface area contributed by atoms with Crippen molar-refractivity contribution in [1.29, 1.82) is 0 Å². The zero-order valence-corrected chi connectivity index (χ0v) is 13.7. The highest BCUT2D eigenvalue weighted by molar-refractivity contribution is 7.99. The van der Waals surface area contributed by atoms with Gasteiger partial charge in [-0.25, -0.2) is 4.98 Å². The second-order valence-electron chi connectivity index (χ2n) is 4.98. The fraction of sp³-hybridized carbons (Fsp3) is 0.571. The van der Waals surface area contributed by atoms with Gasteiger partial charge in [-0.3, -0.25) is 4.79 Å². The van der Waals surface area contributed by atoms with Crippen molar-refractivity contribution >= 4 is 33.3 Å². The Labute approximate surface area is 126 Å². The normalized spacial score (nSPS) is 13.0. The highest BCUT2D eigenvalue weighted by Gasteiger charge is 2.16. The number of thioether (sulfide) groups is 1. The molecule has 0 fully saturated rings. The number of hydrogen-bond donors (Lipinski definition) is 2. The molecule has 4 nitrogen and oxygen atoms in total. The molecule has 20 heavy (non-hydrogen) atoms. The lowest BCUT2D eigenvalue weighted by atomic mass is 9.98. The summed E-state index contributed by atoms with van der Waals surface area (Å²) in [4.78, 5) is 21.6. The van der Waals surface area contributed by atoms with Gasteiger partial charge in [-0.1, -0.05) is 32.0 Å². The molecule has 0 amide bonds. The monoisotopic (exact) mass is 312 g/mol. The molecule has 0 unspecified atom stereocenters. The van der Waals surface area contributed by atoms with Crippen LogP contribution >= 0.6 is 23.1 Å². The summed E-state index contributed by atoms with van der Waals surface area (Å²) >= 11 is 2.96. The van der Waals surface area contributed by atoms with Gasteiger partial charge in [0, 0.05) is 10.6 Å². The molecule has 0 bridgehead atoms. The average Bonchev–Trinajstić information content (AvgIpc) is 2.73. The summed E-state index contributed by atoms with van der Waals surface area (Å²) in [5.41, 5.74) is 1.09. The van der Waals surface area contributed by atoms with Gasteiger partial charge in [0.15, 0.2) is 5.16 Å². The molecular formula is C14H20N2O2S2. The SMILES string of the molecule is CC[C@H](C)Cc1c(C)sc2nc(SCCO)[nH]c(=O)c12. The molecule has 2 aromatic rings. The lowest BCUT2D eigenvalue weighted by Gasteiger charge is -2.08. The molecule has 0 aliphatic heterocycles. The van der Waals surface area contributed by atoms with E-state index in [0.29, 0.717) is 16.8 Å². The molecule has 0 aliphatic rings. The highest BCUT2D eigenvalue weighted by atomic mass is 32.2. The number of thiophene rings is 1. The smallest absolute Gasteiger partial charge is 0.260 e. The third kappa shape index (κ3) is 3.24. The maximum atomic E-state index is 12.3. The number of fused-ring (bicyclic) bond motifs is 1. The maximum Gasteiger partial charge on any atom is 0.260 e. The van der Waals surface area contributed by atoms with E-state index in [4.69, 9.17) is 5.11 Å². The number of hydrogen-bond acceptors (Lipinski definition) is 5. The van der Waals surface area contributed by atoms with Crippen molar-refractivity contribution in [3.63, 3.8) is 0 Å². The number of rotatable bonds is 6. The first-order valence-electron chi connectivity index (χ1n) is 6.82. The van der Waals surface area contributed by atoms with E-state index in [9.17, 15) is 4.79 Å². The first-order valence-corrected chi connectivity index (χ1v) is 8.63. The van der Waals surface area contributed by atoms with Crippen LogP contribution in [0, 0.1) is 12.8 Å². The first-order chi connectivity index (χ1) is 9.56. The number of nitrogens with one attached hydrogen (secondary N) is 1. The third-order valence-corrected chi connectivity index (χ3v) is 5.32. The van der Waals surface area contributed by atoms with Crippen molar-refractivity contribution in [1.82, 2.24) is 9.97 Å². The molecule has 0 saturated carbocycles. The van der Waals surface area contributed by atoms with Crippen LogP contribution in [0.4, 0.5) is 0 Å². The van der Waals surface area contributed by atoms with E-state index < -0.39 is 0 Å². The number of aromatic amines is 1. The Balaban J connectivity index is 2.46. The largest absolute Gasteiger partial charge is 0.396 e. The van der Waals surface area contributed by atoms with Crippen LogP contribution in [-0.2, 0) is 6.42 Å². The van der Waals surface area contributed by atoms with Crippen molar-refractivity contribution in [2.45, 2.75) is 38.8 Å². The lowest BCUT2D eigenvalue weighted by Crippen LogP contribution is -2.11.